The van der Waals surface area contributed by atoms with Crippen LogP contribution >= 0.6 is 0 Å². The molecule has 0 aliphatic heterocycles. The van der Waals surface area contributed by atoms with Crippen LogP contribution in [-0.4, -0.2) is 36.7 Å². The van der Waals surface area contributed by atoms with Crippen LogP contribution in [0.1, 0.15) is 18.9 Å². The van der Waals surface area contributed by atoms with E-state index in [1.54, 1.807) is 13.1 Å². The molecule has 0 radical (unpaired) electrons. The lowest BCUT2D eigenvalue weighted by molar-refractivity contribution is -0.122. The van der Waals surface area contributed by atoms with Crippen molar-refractivity contribution in [3.63, 3.8) is 0 Å². The minimum Gasteiger partial charge on any atom is -0.453 e. The summed E-state index contributed by atoms with van der Waals surface area (Å²) in [5.41, 5.74) is 1.14. The molecule has 1 heterocycles. The second-order valence-corrected chi connectivity index (χ2v) is 4.11. The van der Waals surface area contributed by atoms with Crippen LogP contribution in [0.5, 0.6) is 0 Å². The van der Waals surface area contributed by atoms with Gasteiger partial charge in [0.15, 0.2) is 0 Å². The molecule has 1 aromatic heterocycles. The Balaban J connectivity index is 2.18. The Hall–Kier alpha value is -2.11. The Morgan fingerprint density at radius 1 is 1.47 bits per heavy atom. The molecule has 1 unspecified atom stereocenters. The highest BCUT2D eigenvalue weighted by Gasteiger charge is 2.14. The predicted octanol–water partition coefficient (Wildman–Crippen LogP) is 0.875. The number of alkyl carbamates (subject to hydrolysis) is 1. The minimum atomic E-state index is -0.613. The third kappa shape index (κ3) is 5.85. The second-order valence-electron chi connectivity index (χ2n) is 4.11. The molecule has 0 fully saturated rings. The molecule has 19 heavy (non-hydrogen) atoms. The maximum absolute atomic E-state index is 11.6. The standard InChI is InChI=1S/C13H19N3O3/c1-10(16-13(18)19-2)12(17)15-8-4-6-11-5-3-7-14-9-11/h3,5,7,9-10H,4,6,8H2,1-2H3,(H,15,17)(H,16,18). The Morgan fingerprint density at radius 2 is 2.26 bits per heavy atom. The van der Waals surface area contributed by atoms with Gasteiger partial charge in [-0.15, -0.1) is 0 Å². The summed E-state index contributed by atoms with van der Waals surface area (Å²) in [5.74, 6) is -0.225. The van der Waals surface area contributed by atoms with Crippen LogP contribution < -0.4 is 10.6 Å². The molecule has 2 amide bonds. The lowest BCUT2D eigenvalue weighted by Crippen LogP contribution is -2.45. The van der Waals surface area contributed by atoms with E-state index in [-0.39, 0.29) is 5.91 Å². The van der Waals surface area contributed by atoms with Crippen LogP contribution in [0.4, 0.5) is 4.79 Å². The third-order valence-electron chi connectivity index (χ3n) is 2.58. The third-order valence-corrected chi connectivity index (χ3v) is 2.58. The molecule has 1 rings (SSSR count). The number of rotatable bonds is 6. The van der Waals surface area contributed by atoms with Gasteiger partial charge in [-0.3, -0.25) is 9.78 Å². The number of hydrogen-bond acceptors (Lipinski definition) is 4. The lowest BCUT2D eigenvalue weighted by atomic mass is 10.1. The van der Waals surface area contributed by atoms with Crippen molar-refractivity contribution in [2.45, 2.75) is 25.8 Å². The summed E-state index contributed by atoms with van der Waals surface area (Å²) in [5, 5.41) is 5.16. The molecule has 0 bridgehead atoms. The zero-order valence-corrected chi connectivity index (χ0v) is 11.2. The number of pyridine rings is 1. The first-order valence-electron chi connectivity index (χ1n) is 6.14. The number of ether oxygens (including phenoxy) is 1. The number of carbonyl (C=O) groups excluding carboxylic acids is 2. The fraction of sp³-hybridized carbons (Fsp3) is 0.462. The van der Waals surface area contributed by atoms with Crippen LogP contribution in [0.15, 0.2) is 24.5 Å². The van der Waals surface area contributed by atoms with Crippen LogP contribution in [-0.2, 0) is 16.0 Å². The Kier molecular flexibility index (Phi) is 6.35. The summed E-state index contributed by atoms with van der Waals surface area (Å²) in [6, 6.07) is 3.28. The van der Waals surface area contributed by atoms with E-state index in [9.17, 15) is 9.59 Å². The zero-order valence-electron chi connectivity index (χ0n) is 11.2. The van der Waals surface area contributed by atoms with Crippen molar-refractivity contribution < 1.29 is 14.3 Å². The van der Waals surface area contributed by atoms with Gasteiger partial charge in [0.1, 0.15) is 6.04 Å². The van der Waals surface area contributed by atoms with Gasteiger partial charge >= 0.3 is 6.09 Å². The van der Waals surface area contributed by atoms with Crippen molar-refractivity contribution in [2.75, 3.05) is 13.7 Å². The number of hydrogen-bond donors (Lipinski definition) is 2. The van der Waals surface area contributed by atoms with Gasteiger partial charge in [0.25, 0.3) is 0 Å². The summed E-state index contributed by atoms with van der Waals surface area (Å²) >= 11 is 0. The molecule has 0 aliphatic carbocycles. The second kappa shape index (κ2) is 8.07. The van der Waals surface area contributed by atoms with Gasteiger partial charge in [-0.05, 0) is 31.4 Å². The van der Waals surface area contributed by atoms with Crippen molar-refractivity contribution in [3.05, 3.63) is 30.1 Å². The quantitative estimate of drug-likeness (QED) is 0.748. The average molecular weight is 265 g/mol. The molecule has 0 saturated heterocycles. The van der Waals surface area contributed by atoms with Gasteiger partial charge < -0.3 is 15.4 Å². The maximum atomic E-state index is 11.6. The minimum absolute atomic E-state index is 0.225. The highest BCUT2D eigenvalue weighted by Crippen LogP contribution is 1.99. The molecular weight excluding hydrogens is 246 g/mol. The molecule has 1 aromatic rings. The molecule has 0 aromatic carbocycles. The van der Waals surface area contributed by atoms with Gasteiger partial charge in [-0.25, -0.2) is 4.79 Å². The van der Waals surface area contributed by atoms with Crippen molar-refractivity contribution in [1.29, 1.82) is 0 Å². The van der Waals surface area contributed by atoms with Crippen LogP contribution in [0.3, 0.4) is 0 Å². The topological polar surface area (TPSA) is 80.3 Å². The molecule has 0 aliphatic rings. The molecule has 6 heteroatoms. The first-order valence-corrected chi connectivity index (χ1v) is 6.14. The van der Waals surface area contributed by atoms with E-state index in [4.69, 9.17) is 0 Å². The summed E-state index contributed by atoms with van der Waals surface area (Å²) in [6.07, 6.45) is 4.60. The summed E-state index contributed by atoms with van der Waals surface area (Å²) in [7, 11) is 1.26. The normalized spacial score (nSPS) is 11.5. The molecule has 0 saturated carbocycles. The van der Waals surface area contributed by atoms with Gasteiger partial charge in [0, 0.05) is 18.9 Å². The van der Waals surface area contributed by atoms with Gasteiger partial charge in [0.2, 0.25) is 5.91 Å². The predicted molar refractivity (Wildman–Crippen MR) is 70.6 cm³/mol. The first kappa shape index (κ1) is 14.9. The monoisotopic (exact) mass is 265 g/mol. The first-order chi connectivity index (χ1) is 9.13. The Labute approximate surface area is 112 Å². The molecule has 1 atom stereocenters. The highest BCUT2D eigenvalue weighted by atomic mass is 16.5. The zero-order chi connectivity index (χ0) is 14.1. The average Bonchev–Trinajstić information content (AvgIpc) is 2.44. The van der Waals surface area contributed by atoms with Gasteiger partial charge in [-0.2, -0.15) is 0 Å². The number of carbonyl (C=O) groups is 2. The summed E-state index contributed by atoms with van der Waals surface area (Å²) in [6.45, 7) is 2.16. The lowest BCUT2D eigenvalue weighted by Gasteiger charge is -2.13. The largest absolute Gasteiger partial charge is 0.453 e. The fourth-order valence-corrected chi connectivity index (χ4v) is 1.50. The molecule has 6 nitrogen and oxygen atoms in total. The Morgan fingerprint density at radius 3 is 2.89 bits per heavy atom. The number of amides is 2. The van der Waals surface area contributed by atoms with Crippen LogP contribution in [0.2, 0.25) is 0 Å². The van der Waals surface area contributed by atoms with E-state index >= 15 is 0 Å². The number of methoxy groups -OCH3 is 1. The number of aryl methyl sites for hydroxylation is 1. The van der Waals surface area contributed by atoms with Crippen molar-refractivity contribution in [1.82, 2.24) is 15.6 Å². The molecular formula is C13H19N3O3. The number of nitrogens with zero attached hydrogens (tertiary/aromatic N) is 1. The van der Waals surface area contributed by atoms with E-state index < -0.39 is 12.1 Å². The molecule has 104 valence electrons. The van der Waals surface area contributed by atoms with Crippen molar-refractivity contribution in [3.8, 4) is 0 Å². The highest BCUT2D eigenvalue weighted by molar-refractivity contribution is 5.85. The van der Waals surface area contributed by atoms with Gasteiger partial charge in [0.05, 0.1) is 7.11 Å². The summed E-state index contributed by atoms with van der Waals surface area (Å²) < 4.78 is 4.42. The number of aromatic nitrogens is 1. The SMILES string of the molecule is COC(=O)NC(C)C(=O)NCCCc1cccnc1. The van der Waals surface area contributed by atoms with Crippen LogP contribution in [0, 0.1) is 0 Å². The Bertz CT molecular complexity index is 409. The number of nitrogens with one attached hydrogen (secondary N) is 2. The van der Waals surface area contributed by atoms with E-state index in [1.807, 2.05) is 18.3 Å². The smallest absolute Gasteiger partial charge is 0.407 e. The maximum Gasteiger partial charge on any atom is 0.407 e. The van der Waals surface area contributed by atoms with Crippen molar-refractivity contribution in [2.24, 2.45) is 0 Å². The van der Waals surface area contributed by atoms with E-state index in [0.29, 0.717) is 6.54 Å². The van der Waals surface area contributed by atoms with Gasteiger partial charge in [-0.1, -0.05) is 6.07 Å². The summed E-state index contributed by atoms with van der Waals surface area (Å²) in [4.78, 5) is 26.6. The van der Waals surface area contributed by atoms with Crippen molar-refractivity contribution >= 4 is 12.0 Å². The fourth-order valence-electron chi connectivity index (χ4n) is 1.50. The molecule has 0 spiro atoms. The van der Waals surface area contributed by atoms with E-state index in [2.05, 4.69) is 20.4 Å². The van der Waals surface area contributed by atoms with Crippen LogP contribution in [0.25, 0.3) is 0 Å². The van der Waals surface area contributed by atoms with E-state index in [0.717, 1.165) is 18.4 Å². The van der Waals surface area contributed by atoms with E-state index in [1.165, 1.54) is 7.11 Å². The molecule has 2 N–H and O–H groups in total.